The molecule has 0 fully saturated rings. The molecule has 0 aromatic heterocycles. The van der Waals surface area contributed by atoms with Crippen LogP contribution in [0.5, 0.6) is 5.75 Å². The predicted octanol–water partition coefficient (Wildman–Crippen LogP) is 4.80. The summed E-state index contributed by atoms with van der Waals surface area (Å²) in [5.74, 6) is 0.0872. The zero-order valence-corrected chi connectivity index (χ0v) is 12.7. The molecule has 0 saturated carbocycles. The highest BCUT2D eigenvalue weighted by atomic mass is 16.6. The van der Waals surface area contributed by atoms with Crippen LogP contribution in [0.4, 0.5) is 11.4 Å². The summed E-state index contributed by atoms with van der Waals surface area (Å²) < 4.78 is 0. The first-order valence-electron chi connectivity index (χ1n) is 7.26. The number of para-hydroxylation sites is 1. The number of anilines is 1. The number of phenols is 1. The van der Waals surface area contributed by atoms with E-state index in [-0.39, 0.29) is 12.4 Å². The molecule has 0 aliphatic rings. The molecule has 116 valence electrons. The first-order valence-corrected chi connectivity index (χ1v) is 7.26. The van der Waals surface area contributed by atoms with E-state index in [1.165, 1.54) is 0 Å². The van der Waals surface area contributed by atoms with E-state index in [1.807, 2.05) is 60.7 Å². The number of hydrogen-bond acceptors (Lipinski definition) is 5. The Balaban J connectivity index is 1.87. The van der Waals surface area contributed by atoms with E-state index in [2.05, 4.69) is 15.7 Å². The molecule has 0 amide bonds. The Morgan fingerprint density at radius 3 is 2.57 bits per heavy atom. The summed E-state index contributed by atoms with van der Waals surface area (Å²) in [7, 11) is 1.58. The lowest BCUT2D eigenvalue weighted by Gasteiger charge is -2.11. The Kier molecular flexibility index (Phi) is 4.49. The van der Waals surface area contributed by atoms with Crippen molar-refractivity contribution in [2.24, 2.45) is 10.2 Å². The number of aromatic hydroxyl groups is 1. The first kappa shape index (κ1) is 15.0. The number of hydrogen-bond donors (Lipinski definition) is 2. The van der Waals surface area contributed by atoms with Gasteiger partial charge in [-0.2, -0.15) is 10.2 Å². The fraction of sp³-hybridized carbons (Fsp3) is 0.111. The molecule has 0 aliphatic heterocycles. The highest BCUT2D eigenvalue weighted by Gasteiger charge is 2.12. The highest BCUT2D eigenvalue weighted by Crippen LogP contribution is 2.38. The Hall–Kier alpha value is -2.92. The normalized spacial score (nSPS) is 11.2. The third-order valence-corrected chi connectivity index (χ3v) is 3.47. The molecule has 0 aliphatic carbocycles. The van der Waals surface area contributed by atoms with E-state index >= 15 is 0 Å². The maximum Gasteiger partial charge on any atom is 0.149 e. The van der Waals surface area contributed by atoms with Crippen LogP contribution in [0.1, 0.15) is 5.56 Å². The molecular formula is C18H17N3O2. The number of fused-ring (bicyclic) bond motifs is 1. The molecule has 5 nitrogen and oxygen atoms in total. The molecule has 2 N–H and O–H groups in total. The van der Waals surface area contributed by atoms with Crippen LogP contribution in [-0.4, -0.2) is 12.2 Å². The van der Waals surface area contributed by atoms with Crippen LogP contribution >= 0.6 is 0 Å². The lowest BCUT2D eigenvalue weighted by Crippen LogP contribution is -2.01. The van der Waals surface area contributed by atoms with Crippen molar-refractivity contribution in [1.82, 2.24) is 0 Å². The van der Waals surface area contributed by atoms with Gasteiger partial charge in [0.15, 0.2) is 0 Å². The minimum Gasteiger partial charge on any atom is -0.505 e. The van der Waals surface area contributed by atoms with Gasteiger partial charge in [0, 0.05) is 18.0 Å². The van der Waals surface area contributed by atoms with Gasteiger partial charge in [-0.3, -0.25) is 10.3 Å². The maximum absolute atomic E-state index is 10.5. The minimum atomic E-state index is 0.0872. The summed E-state index contributed by atoms with van der Waals surface area (Å²) >= 11 is 0. The van der Waals surface area contributed by atoms with E-state index in [4.69, 9.17) is 4.84 Å². The van der Waals surface area contributed by atoms with Crippen LogP contribution in [0.15, 0.2) is 70.9 Å². The van der Waals surface area contributed by atoms with Crippen LogP contribution in [0, 0.1) is 0 Å². The second-order valence-corrected chi connectivity index (χ2v) is 5.01. The van der Waals surface area contributed by atoms with Gasteiger partial charge in [-0.1, -0.05) is 42.5 Å². The molecule has 0 heterocycles. The Morgan fingerprint density at radius 2 is 1.78 bits per heavy atom. The van der Waals surface area contributed by atoms with E-state index < -0.39 is 0 Å². The molecule has 0 radical (unpaired) electrons. The van der Waals surface area contributed by atoms with Gasteiger partial charge < -0.3 is 5.11 Å². The molecule has 5 heteroatoms. The van der Waals surface area contributed by atoms with Crippen molar-refractivity contribution in [1.29, 1.82) is 0 Å². The smallest absolute Gasteiger partial charge is 0.149 e. The van der Waals surface area contributed by atoms with Crippen LogP contribution in [0.2, 0.25) is 0 Å². The average Bonchev–Trinajstić information content (AvgIpc) is 2.59. The second-order valence-electron chi connectivity index (χ2n) is 5.01. The fourth-order valence-corrected chi connectivity index (χ4v) is 2.39. The molecule has 0 atom stereocenters. The zero-order chi connectivity index (χ0) is 16.1. The molecule has 0 unspecified atom stereocenters. The first-order chi connectivity index (χ1) is 11.3. The second kappa shape index (κ2) is 6.89. The van der Waals surface area contributed by atoms with Crippen LogP contribution in [-0.2, 0) is 11.4 Å². The number of nitrogens with zero attached hydrogens (tertiary/aromatic N) is 2. The Bertz CT molecular complexity index is 832. The number of azo groups is 1. The lowest BCUT2D eigenvalue weighted by molar-refractivity contribution is 0.177. The fourth-order valence-electron chi connectivity index (χ4n) is 2.39. The van der Waals surface area contributed by atoms with Gasteiger partial charge in [-0.15, -0.1) is 0 Å². The molecule has 0 spiro atoms. The minimum absolute atomic E-state index is 0.0872. The molecule has 3 aromatic carbocycles. The third kappa shape index (κ3) is 3.30. The molecule has 3 rings (SSSR count). The summed E-state index contributed by atoms with van der Waals surface area (Å²) in [4.78, 5) is 5.49. The van der Waals surface area contributed by atoms with Crippen molar-refractivity contribution in [3.63, 3.8) is 0 Å². The Morgan fingerprint density at radius 1 is 1.04 bits per heavy atom. The van der Waals surface area contributed by atoms with Crippen LogP contribution in [0.25, 0.3) is 10.8 Å². The number of phenolic OH excluding ortho intramolecular Hbond substituents is 1. The summed E-state index contributed by atoms with van der Waals surface area (Å²) in [5.41, 5.74) is 4.81. The quantitative estimate of drug-likeness (QED) is 0.525. The molecule has 0 saturated heterocycles. The van der Waals surface area contributed by atoms with Crippen molar-refractivity contribution in [3.8, 4) is 5.75 Å². The van der Waals surface area contributed by atoms with Gasteiger partial charge in [0.1, 0.15) is 18.0 Å². The van der Waals surface area contributed by atoms with Gasteiger partial charge in [0.05, 0.1) is 5.69 Å². The molecule has 23 heavy (non-hydrogen) atoms. The maximum atomic E-state index is 10.5. The predicted molar refractivity (Wildman–Crippen MR) is 90.9 cm³/mol. The highest BCUT2D eigenvalue weighted by molar-refractivity contribution is 5.96. The molecular weight excluding hydrogens is 290 g/mol. The van der Waals surface area contributed by atoms with Gasteiger partial charge in [-0.05, 0) is 23.6 Å². The number of benzene rings is 3. The number of nitrogens with one attached hydrogen (secondary N) is 1. The van der Waals surface area contributed by atoms with E-state index in [1.54, 1.807) is 7.05 Å². The van der Waals surface area contributed by atoms with E-state index in [0.29, 0.717) is 11.3 Å². The van der Waals surface area contributed by atoms with Crippen molar-refractivity contribution < 1.29 is 9.94 Å². The monoisotopic (exact) mass is 307 g/mol. The van der Waals surface area contributed by atoms with Crippen molar-refractivity contribution in [3.05, 3.63) is 66.2 Å². The average molecular weight is 307 g/mol. The largest absolute Gasteiger partial charge is 0.505 e. The molecule has 0 bridgehead atoms. The summed E-state index contributed by atoms with van der Waals surface area (Å²) in [6, 6.07) is 19.2. The standard InChI is InChI=1S/C18H17N3O2/c1-19-20-17-16-10-6-5-7-13(16)11-14(18(17)22)12-23-21-15-8-3-2-4-9-15/h2-11,21-22H,12H2,1H3. The van der Waals surface area contributed by atoms with Crippen LogP contribution < -0.4 is 5.48 Å². The summed E-state index contributed by atoms with van der Waals surface area (Å²) in [5, 5.41) is 20.1. The SMILES string of the molecule is CN=Nc1c(O)c(CONc2ccccc2)cc2ccccc12. The molecule has 3 aromatic rings. The van der Waals surface area contributed by atoms with Gasteiger partial charge in [-0.25, -0.2) is 0 Å². The Labute approximate surface area is 134 Å². The summed E-state index contributed by atoms with van der Waals surface area (Å²) in [6.45, 7) is 0.206. The van der Waals surface area contributed by atoms with Gasteiger partial charge in [0.25, 0.3) is 0 Å². The van der Waals surface area contributed by atoms with Gasteiger partial charge >= 0.3 is 0 Å². The summed E-state index contributed by atoms with van der Waals surface area (Å²) in [6.07, 6.45) is 0. The van der Waals surface area contributed by atoms with Crippen molar-refractivity contribution in [2.45, 2.75) is 6.61 Å². The van der Waals surface area contributed by atoms with Crippen molar-refractivity contribution in [2.75, 3.05) is 12.5 Å². The van der Waals surface area contributed by atoms with E-state index in [9.17, 15) is 5.11 Å². The van der Waals surface area contributed by atoms with Gasteiger partial charge in [0.2, 0.25) is 0 Å². The third-order valence-electron chi connectivity index (χ3n) is 3.47. The van der Waals surface area contributed by atoms with Crippen LogP contribution in [0.3, 0.4) is 0 Å². The zero-order valence-electron chi connectivity index (χ0n) is 12.7. The topological polar surface area (TPSA) is 66.2 Å². The number of rotatable bonds is 5. The van der Waals surface area contributed by atoms with E-state index in [0.717, 1.165) is 16.5 Å². The lowest BCUT2D eigenvalue weighted by atomic mass is 10.0. The van der Waals surface area contributed by atoms with Crippen molar-refractivity contribution >= 4 is 22.1 Å².